The number of non-ortho nitro benzene ring substituents is 1. The van der Waals surface area contributed by atoms with Gasteiger partial charge in [0.1, 0.15) is 17.9 Å². The van der Waals surface area contributed by atoms with E-state index in [1.165, 1.54) is 12.1 Å². The third-order valence-electron chi connectivity index (χ3n) is 2.92. The van der Waals surface area contributed by atoms with E-state index in [0.717, 1.165) is 12.1 Å². The number of carbonyl (C=O) groups excluding carboxylic acids is 1. The lowest BCUT2D eigenvalue weighted by molar-refractivity contribution is -0.384. The number of ether oxygens (including phenoxy) is 2. The Labute approximate surface area is 141 Å². The van der Waals surface area contributed by atoms with Gasteiger partial charge >= 0.3 is 6.16 Å². The highest BCUT2D eigenvalue weighted by Crippen LogP contribution is 2.22. The molecule has 0 fully saturated rings. The first-order valence-electron chi connectivity index (χ1n) is 6.79. The first-order chi connectivity index (χ1) is 12.0. The molecule has 2 aromatic rings. The van der Waals surface area contributed by atoms with Crippen LogP contribution in [0.25, 0.3) is 5.76 Å². The molecule has 0 saturated heterocycles. The Kier molecular flexibility index (Phi) is 5.43. The van der Waals surface area contributed by atoms with Crippen LogP contribution >= 0.6 is 0 Å². The number of rotatable bonds is 4. The smallest absolute Gasteiger partial charge is 0.395 e. The minimum absolute atomic E-state index is 0.0125. The maximum absolute atomic E-state index is 11.9. The molecular formula is C17H9N3O5. The van der Waals surface area contributed by atoms with Gasteiger partial charge in [-0.3, -0.25) is 10.1 Å². The highest BCUT2D eigenvalue weighted by Gasteiger charge is 2.17. The molecule has 0 aliphatic carbocycles. The van der Waals surface area contributed by atoms with Crippen molar-refractivity contribution >= 4 is 17.6 Å². The minimum atomic E-state index is -1.18. The summed E-state index contributed by atoms with van der Waals surface area (Å²) in [5.74, 6) is -0.226. The normalized spacial score (nSPS) is 9.20. The van der Waals surface area contributed by atoms with Gasteiger partial charge < -0.3 is 9.47 Å². The van der Waals surface area contributed by atoms with Crippen molar-refractivity contribution in [2.24, 2.45) is 0 Å². The molecule has 0 bridgehead atoms. The molecule has 0 saturated carbocycles. The second-order valence-corrected chi connectivity index (χ2v) is 4.50. The van der Waals surface area contributed by atoms with Crippen LogP contribution in [-0.4, -0.2) is 11.1 Å². The summed E-state index contributed by atoms with van der Waals surface area (Å²) in [6.07, 6.45) is -1.18. The van der Waals surface area contributed by atoms with Gasteiger partial charge in [0, 0.05) is 17.7 Å². The second-order valence-electron chi connectivity index (χ2n) is 4.50. The van der Waals surface area contributed by atoms with Crippen LogP contribution in [0.5, 0.6) is 5.75 Å². The molecule has 2 aromatic carbocycles. The Morgan fingerprint density at radius 2 is 1.60 bits per heavy atom. The summed E-state index contributed by atoms with van der Waals surface area (Å²) < 4.78 is 9.91. The van der Waals surface area contributed by atoms with E-state index in [1.807, 2.05) is 0 Å². The molecule has 0 aliphatic rings. The van der Waals surface area contributed by atoms with Crippen molar-refractivity contribution in [1.82, 2.24) is 0 Å². The first kappa shape index (κ1) is 17.2. The summed E-state index contributed by atoms with van der Waals surface area (Å²) >= 11 is 0. The van der Waals surface area contributed by atoms with E-state index in [4.69, 9.17) is 20.0 Å². The van der Waals surface area contributed by atoms with Crippen molar-refractivity contribution in [3.8, 4) is 17.9 Å². The molecule has 0 N–H and O–H groups in total. The number of nitro benzene ring substituents is 1. The zero-order valence-corrected chi connectivity index (χ0v) is 12.6. The van der Waals surface area contributed by atoms with Gasteiger partial charge in [-0.25, -0.2) is 4.79 Å². The van der Waals surface area contributed by atoms with Crippen LogP contribution in [0.3, 0.4) is 0 Å². The molecule has 0 amide bonds. The fourth-order valence-corrected chi connectivity index (χ4v) is 1.81. The Balaban J connectivity index is 2.21. The van der Waals surface area contributed by atoms with Crippen molar-refractivity contribution in [2.75, 3.05) is 0 Å². The van der Waals surface area contributed by atoms with Crippen molar-refractivity contribution in [2.45, 2.75) is 0 Å². The Morgan fingerprint density at radius 1 is 1.00 bits per heavy atom. The fourth-order valence-electron chi connectivity index (χ4n) is 1.81. The number of benzene rings is 2. The molecule has 25 heavy (non-hydrogen) atoms. The fraction of sp³-hybridized carbons (Fsp3) is 0. The zero-order chi connectivity index (χ0) is 18.2. The SMILES string of the molecule is N#CC(C#N)=C(OC(=O)Oc1ccc([N+](=O)[O-])cc1)c1ccccc1. The monoisotopic (exact) mass is 335 g/mol. The highest BCUT2D eigenvalue weighted by molar-refractivity contribution is 5.79. The number of hydrogen-bond acceptors (Lipinski definition) is 7. The molecule has 8 heteroatoms. The van der Waals surface area contributed by atoms with Gasteiger partial charge in [-0.1, -0.05) is 30.3 Å². The van der Waals surface area contributed by atoms with E-state index in [-0.39, 0.29) is 17.2 Å². The van der Waals surface area contributed by atoms with Gasteiger partial charge in [-0.15, -0.1) is 0 Å². The molecule has 122 valence electrons. The van der Waals surface area contributed by atoms with Crippen LogP contribution < -0.4 is 4.74 Å². The predicted molar refractivity (Wildman–Crippen MR) is 84.8 cm³/mol. The van der Waals surface area contributed by atoms with Crippen molar-refractivity contribution in [1.29, 1.82) is 10.5 Å². The van der Waals surface area contributed by atoms with E-state index in [1.54, 1.807) is 42.5 Å². The van der Waals surface area contributed by atoms with Gasteiger partial charge in [0.05, 0.1) is 4.92 Å². The number of allylic oxidation sites excluding steroid dienone is 1. The van der Waals surface area contributed by atoms with E-state index in [0.29, 0.717) is 5.56 Å². The Morgan fingerprint density at radius 3 is 2.12 bits per heavy atom. The molecule has 0 atom stereocenters. The van der Waals surface area contributed by atoms with E-state index in [9.17, 15) is 14.9 Å². The van der Waals surface area contributed by atoms with Crippen LogP contribution in [0.15, 0.2) is 60.2 Å². The third kappa shape index (κ3) is 4.41. The largest absolute Gasteiger partial charge is 0.519 e. The molecule has 0 spiro atoms. The quantitative estimate of drug-likeness (QED) is 0.209. The van der Waals surface area contributed by atoms with E-state index in [2.05, 4.69) is 0 Å². The Hall–Kier alpha value is -4.17. The lowest BCUT2D eigenvalue weighted by Crippen LogP contribution is -2.11. The summed E-state index contributed by atoms with van der Waals surface area (Å²) in [5.41, 5.74) is -0.213. The molecule has 0 heterocycles. The predicted octanol–water partition coefficient (Wildman–Crippen LogP) is 3.57. The summed E-state index contributed by atoms with van der Waals surface area (Å²) in [4.78, 5) is 21.9. The third-order valence-corrected chi connectivity index (χ3v) is 2.92. The maximum atomic E-state index is 11.9. The van der Waals surface area contributed by atoms with Crippen molar-refractivity contribution < 1.29 is 19.2 Å². The molecule has 0 radical (unpaired) electrons. The van der Waals surface area contributed by atoms with Crippen LogP contribution in [0.2, 0.25) is 0 Å². The average molecular weight is 335 g/mol. The van der Waals surface area contributed by atoms with Crippen molar-refractivity contribution in [3.05, 3.63) is 75.8 Å². The van der Waals surface area contributed by atoms with Gasteiger partial charge in [0.15, 0.2) is 11.3 Å². The van der Waals surface area contributed by atoms with Crippen molar-refractivity contribution in [3.63, 3.8) is 0 Å². The molecular weight excluding hydrogens is 326 g/mol. The average Bonchev–Trinajstić information content (AvgIpc) is 2.63. The number of nitrogens with zero attached hydrogens (tertiary/aromatic N) is 3. The summed E-state index contributed by atoms with van der Waals surface area (Å²) in [7, 11) is 0. The van der Waals surface area contributed by atoms with E-state index < -0.39 is 16.7 Å². The number of nitro groups is 1. The lowest BCUT2D eigenvalue weighted by Gasteiger charge is -2.09. The van der Waals surface area contributed by atoms with Crippen LogP contribution in [0.1, 0.15) is 5.56 Å². The van der Waals surface area contributed by atoms with Gasteiger partial charge in [-0.05, 0) is 12.1 Å². The minimum Gasteiger partial charge on any atom is -0.395 e. The highest BCUT2D eigenvalue weighted by atomic mass is 16.7. The summed E-state index contributed by atoms with van der Waals surface area (Å²) in [5, 5.41) is 28.6. The zero-order valence-electron chi connectivity index (χ0n) is 12.6. The van der Waals surface area contributed by atoms with Crippen LogP contribution in [0.4, 0.5) is 10.5 Å². The number of nitriles is 2. The van der Waals surface area contributed by atoms with Gasteiger partial charge in [0.2, 0.25) is 0 Å². The van der Waals surface area contributed by atoms with Crippen LogP contribution in [-0.2, 0) is 4.74 Å². The summed E-state index contributed by atoms with van der Waals surface area (Å²) in [6.45, 7) is 0. The topological polar surface area (TPSA) is 126 Å². The molecule has 0 aliphatic heterocycles. The number of hydrogen-bond donors (Lipinski definition) is 0. The summed E-state index contributed by atoms with van der Waals surface area (Å²) in [6, 6.07) is 16.2. The molecule has 2 rings (SSSR count). The second kappa shape index (κ2) is 7.90. The maximum Gasteiger partial charge on any atom is 0.519 e. The van der Waals surface area contributed by atoms with E-state index >= 15 is 0 Å². The molecule has 8 nitrogen and oxygen atoms in total. The lowest BCUT2D eigenvalue weighted by atomic mass is 10.1. The molecule has 0 unspecified atom stereocenters. The standard InChI is InChI=1S/C17H9N3O5/c18-10-13(11-19)16(12-4-2-1-3-5-12)25-17(21)24-15-8-6-14(7-9-15)20(22)23/h1-9H. The molecule has 0 aromatic heterocycles. The number of carbonyl (C=O) groups is 1. The van der Waals surface area contributed by atoms with Gasteiger partial charge in [0.25, 0.3) is 5.69 Å². The van der Waals surface area contributed by atoms with Crippen LogP contribution in [0, 0.1) is 32.8 Å². The van der Waals surface area contributed by atoms with Gasteiger partial charge in [-0.2, -0.15) is 10.5 Å². The first-order valence-corrected chi connectivity index (χ1v) is 6.79. The Bertz CT molecular complexity index is 890.